The van der Waals surface area contributed by atoms with Gasteiger partial charge in [-0.25, -0.2) is 0 Å². The first-order valence-electron chi connectivity index (χ1n) is 5.78. The Hall–Kier alpha value is -0.570. The van der Waals surface area contributed by atoms with E-state index >= 15 is 0 Å². The molecule has 88 valence electrons. The Morgan fingerprint density at radius 3 is 2.53 bits per heavy atom. The molecule has 0 bridgehead atoms. The van der Waals surface area contributed by atoms with Crippen molar-refractivity contribution in [3.63, 3.8) is 0 Å². The lowest BCUT2D eigenvalue weighted by atomic mass is 9.94. The first-order valence-corrected chi connectivity index (χ1v) is 5.78. The van der Waals surface area contributed by atoms with Crippen LogP contribution in [0.5, 0.6) is 0 Å². The maximum absolute atomic E-state index is 11.9. The van der Waals surface area contributed by atoms with Crippen LogP contribution in [0.25, 0.3) is 0 Å². The third-order valence-electron chi connectivity index (χ3n) is 2.74. The van der Waals surface area contributed by atoms with E-state index in [0.717, 1.165) is 26.0 Å². The number of hydrogen-bond acceptors (Lipinski definition) is 2. The molecule has 0 N–H and O–H groups in total. The highest BCUT2D eigenvalue weighted by molar-refractivity contribution is 5.81. The molecule has 1 saturated heterocycles. The van der Waals surface area contributed by atoms with Gasteiger partial charge >= 0.3 is 0 Å². The zero-order chi connectivity index (χ0) is 11.5. The molecule has 0 saturated carbocycles. The van der Waals surface area contributed by atoms with E-state index in [2.05, 4.69) is 0 Å². The second-order valence-corrected chi connectivity index (χ2v) is 5.42. The number of hydrogen-bond donors (Lipinski definition) is 0. The second-order valence-electron chi connectivity index (χ2n) is 5.42. The summed E-state index contributed by atoms with van der Waals surface area (Å²) in [5.41, 5.74) is -0.288. The first-order chi connectivity index (χ1) is 6.91. The van der Waals surface area contributed by atoms with Crippen molar-refractivity contribution in [1.29, 1.82) is 0 Å². The summed E-state index contributed by atoms with van der Waals surface area (Å²) in [5, 5.41) is 0. The first kappa shape index (κ1) is 12.5. The molecule has 0 aromatic rings. The average Bonchev–Trinajstić information content (AvgIpc) is 2.16. The highest BCUT2D eigenvalue weighted by Crippen LogP contribution is 2.19. The van der Waals surface area contributed by atoms with Crippen LogP contribution in [0.4, 0.5) is 0 Å². The molecule has 0 aromatic heterocycles. The summed E-state index contributed by atoms with van der Waals surface area (Å²) < 4.78 is 5.62. The predicted octanol–water partition coefficient (Wildman–Crippen LogP) is 2.06. The van der Waals surface area contributed by atoms with Crippen molar-refractivity contribution in [2.24, 2.45) is 5.41 Å². The molecule has 1 atom stereocenters. The van der Waals surface area contributed by atoms with Crippen LogP contribution in [-0.2, 0) is 9.53 Å². The number of carbonyl (C=O) groups is 1. The minimum atomic E-state index is -0.288. The quantitative estimate of drug-likeness (QED) is 0.702. The summed E-state index contributed by atoms with van der Waals surface area (Å²) in [6, 6.07) is 0. The molecule has 15 heavy (non-hydrogen) atoms. The summed E-state index contributed by atoms with van der Waals surface area (Å²) in [6.07, 6.45) is 3.72. The van der Waals surface area contributed by atoms with Gasteiger partial charge in [0.1, 0.15) is 0 Å². The molecule has 1 amide bonds. The van der Waals surface area contributed by atoms with Gasteiger partial charge in [-0.1, -0.05) is 20.8 Å². The molecule has 0 radical (unpaired) electrons. The van der Waals surface area contributed by atoms with Crippen LogP contribution >= 0.6 is 0 Å². The summed E-state index contributed by atoms with van der Waals surface area (Å²) >= 11 is 0. The summed E-state index contributed by atoms with van der Waals surface area (Å²) in [7, 11) is 1.87. The number of carbonyl (C=O) groups excluding carboxylic acids is 1. The minimum absolute atomic E-state index is 0.191. The van der Waals surface area contributed by atoms with Crippen LogP contribution in [0.15, 0.2) is 0 Å². The van der Waals surface area contributed by atoms with Gasteiger partial charge in [0.25, 0.3) is 0 Å². The van der Waals surface area contributed by atoms with Crippen LogP contribution in [-0.4, -0.2) is 37.1 Å². The number of likely N-dealkylation sites (N-methyl/N-ethyl adjacent to an activating group) is 1. The van der Waals surface area contributed by atoms with E-state index in [0.29, 0.717) is 0 Å². The van der Waals surface area contributed by atoms with Crippen molar-refractivity contribution < 1.29 is 9.53 Å². The monoisotopic (exact) mass is 213 g/mol. The largest absolute Gasteiger partial charge is 0.376 e. The lowest BCUT2D eigenvalue weighted by molar-refractivity contribution is -0.140. The summed E-state index contributed by atoms with van der Waals surface area (Å²) in [6.45, 7) is 7.44. The van der Waals surface area contributed by atoms with Crippen LogP contribution in [0.2, 0.25) is 0 Å². The van der Waals surface area contributed by atoms with Crippen LogP contribution in [0, 0.1) is 5.41 Å². The van der Waals surface area contributed by atoms with Gasteiger partial charge < -0.3 is 9.64 Å². The molecule has 1 aliphatic heterocycles. The third kappa shape index (κ3) is 3.82. The van der Waals surface area contributed by atoms with Gasteiger partial charge in [0.15, 0.2) is 0 Å². The van der Waals surface area contributed by atoms with E-state index in [9.17, 15) is 4.79 Å². The van der Waals surface area contributed by atoms with Gasteiger partial charge in [0.2, 0.25) is 5.91 Å². The molecule has 1 fully saturated rings. The van der Waals surface area contributed by atoms with Gasteiger partial charge in [0.05, 0.1) is 6.10 Å². The van der Waals surface area contributed by atoms with Crippen molar-refractivity contribution in [3.8, 4) is 0 Å². The van der Waals surface area contributed by atoms with Gasteiger partial charge in [0, 0.05) is 25.6 Å². The topological polar surface area (TPSA) is 29.5 Å². The molecule has 1 unspecified atom stereocenters. The molecular weight excluding hydrogens is 190 g/mol. The summed E-state index contributed by atoms with van der Waals surface area (Å²) in [4.78, 5) is 13.7. The van der Waals surface area contributed by atoms with Crippen molar-refractivity contribution in [2.75, 3.05) is 20.2 Å². The van der Waals surface area contributed by atoms with Crippen molar-refractivity contribution in [2.45, 2.75) is 46.1 Å². The number of ether oxygens (including phenoxy) is 1. The fraction of sp³-hybridized carbons (Fsp3) is 0.917. The van der Waals surface area contributed by atoms with Gasteiger partial charge in [-0.3, -0.25) is 4.79 Å². The maximum Gasteiger partial charge on any atom is 0.227 e. The Kier molecular flexibility index (Phi) is 4.14. The Balaban J connectivity index is 2.40. The maximum atomic E-state index is 11.9. The van der Waals surface area contributed by atoms with Gasteiger partial charge in [-0.05, 0) is 19.3 Å². The Morgan fingerprint density at radius 2 is 2.07 bits per heavy atom. The molecule has 0 aromatic carbocycles. The van der Waals surface area contributed by atoms with Crippen molar-refractivity contribution in [1.82, 2.24) is 4.90 Å². The Morgan fingerprint density at radius 1 is 1.40 bits per heavy atom. The van der Waals surface area contributed by atoms with Crippen molar-refractivity contribution in [3.05, 3.63) is 0 Å². The molecule has 1 heterocycles. The molecule has 3 nitrogen and oxygen atoms in total. The molecular formula is C12H23NO2. The molecule has 3 heteroatoms. The lowest BCUT2D eigenvalue weighted by Gasteiger charge is -2.31. The van der Waals surface area contributed by atoms with E-state index < -0.39 is 0 Å². The second kappa shape index (κ2) is 4.97. The van der Waals surface area contributed by atoms with E-state index in [-0.39, 0.29) is 17.4 Å². The number of nitrogens with zero attached hydrogens (tertiary/aromatic N) is 1. The third-order valence-corrected chi connectivity index (χ3v) is 2.74. The lowest BCUT2D eigenvalue weighted by Crippen LogP contribution is -2.42. The number of amides is 1. The van der Waals surface area contributed by atoms with Crippen molar-refractivity contribution >= 4 is 5.91 Å². The smallest absolute Gasteiger partial charge is 0.227 e. The Bertz CT molecular complexity index is 214. The van der Waals surface area contributed by atoms with Crippen LogP contribution in [0.1, 0.15) is 40.0 Å². The van der Waals surface area contributed by atoms with E-state index in [1.807, 2.05) is 27.8 Å². The number of rotatable bonds is 2. The SMILES string of the molecule is CN(CC1CCCCO1)C(=O)C(C)(C)C. The molecule has 0 aliphatic carbocycles. The molecule has 0 spiro atoms. The summed E-state index contributed by atoms with van der Waals surface area (Å²) in [5.74, 6) is 0.191. The van der Waals surface area contributed by atoms with Gasteiger partial charge in [-0.2, -0.15) is 0 Å². The fourth-order valence-corrected chi connectivity index (χ4v) is 1.91. The van der Waals surface area contributed by atoms with Gasteiger partial charge in [-0.15, -0.1) is 0 Å². The minimum Gasteiger partial charge on any atom is -0.376 e. The fourth-order valence-electron chi connectivity index (χ4n) is 1.91. The van der Waals surface area contributed by atoms with E-state index in [1.54, 1.807) is 4.90 Å². The highest BCUT2D eigenvalue weighted by Gasteiger charge is 2.27. The van der Waals surface area contributed by atoms with E-state index in [4.69, 9.17) is 4.74 Å². The molecule has 1 aliphatic rings. The predicted molar refractivity (Wildman–Crippen MR) is 60.7 cm³/mol. The molecule has 1 rings (SSSR count). The van der Waals surface area contributed by atoms with Crippen LogP contribution in [0.3, 0.4) is 0 Å². The zero-order valence-electron chi connectivity index (χ0n) is 10.4. The average molecular weight is 213 g/mol. The van der Waals surface area contributed by atoms with Crippen LogP contribution < -0.4 is 0 Å². The highest BCUT2D eigenvalue weighted by atomic mass is 16.5. The Labute approximate surface area is 92.8 Å². The zero-order valence-corrected chi connectivity index (χ0v) is 10.4. The normalized spacial score (nSPS) is 22.5. The van der Waals surface area contributed by atoms with E-state index in [1.165, 1.54) is 6.42 Å². The standard InChI is InChI=1S/C12H23NO2/c1-12(2,3)11(14)13(4)9-10-7-5-6-8-15-10/h10H,5-9H2,1-4H3.